The third-order valence-corrected chi connectivity index (χ3v) is 4.23. The van der Waals surface area contributed by atoms with Crippen LogP contribution >= 0.6 is 11.3 Å². The van der Waals surface area contributed by atoms with Crippen molar-refractivity contribution in [3.05, 3.63) is 30.2 Å². The van der Waals surface area contributed by atoms with Crippen LogP contribution in [0.25, 0.3) is 10.4 Å². The topological polar surface area (TPSA) is 96.3 Å². The molecule has 3 heterocycles. The Morgan fingerprint density at radius 3 is 2.95 bits per heavy atom. The lowest BCUT2D eigenvalue weighted by atomic mass is 10.2. The predicted molar refractivity (Wildman–Crippen MR) is 83.5 cm³/mol. The predicted octanol–water partition coefficient (Wildman–Crippen LogP) is 1.72. The Morgan fingerprint density at radius 2 is 2.27 bits per heavy atom. The van der Waals surface area contributed by atoms with Crippen LogP contribution < -0.4 is 10.7 Å². The van der Waals surface area contributed by atoms with Crippen molar-refractivity contribution in [1.29, 1.82) is 0 Å². The molecule has 2 N–H and O–H groups in total. The molecule has 0 radical (unpaired) electrons. The van der Waals surface area contributed by atoms with Gasteiger partial charge in [-0.2, -0.15) is 5.10 Å². The van der Waals surface area contributed by atoms with Crippen LogP contribution in [-0.4, -0.2) is 27.5 Å². The molecule has 8 heteroatoms. The second-order valence-electron chi connectivity index (χ2n) is 4.72. The number of hydrazone groups is 1. The number of aryl methyl sites for hydroxylation is 1. The minimum Gasteiger partial charge on any atom is -0.297 e. The summed E-state index contributed by atoms with van der Waals surface area (Å²) in [6, 6.07) is 3.80. The lowest BCUT2D eigenvalue weighted by Crippen LogP contribution is -2.32. The molecule has 0 bridgehead atoms. The first-order valence-corrected chi connectivity index (χ1v) is 7.49. The molecule has 2 aromatic rings. The number of amides is 2. The zero-order chi connectivity index (χ0) is 15.5. The zero-order valence-electron chi connectivity index (χ0n) is 11.8. The van der Waals surface area contributed by atoms with E-state index in [1.54, 1.807) is 12.4 Å². The summed E-state index contributed by atoms with van der Waals surface area (Å²) >= 11 is 1.38. The SMILES string of the molecule is Cc1nc(NC(=O)C2=NNC(=O)CC2)sc1-c1cccnc1. The maximum atomic E-state index is 12.1. The van der Waals surface area contributed by atoms with Crippen LogP contribution in [-0.2, 0) is 9.59 Å². The third-order valence-electron chi connectivity index (χ3n) is 3.11. The summed E-state index contributed by atoms with van der Waals surface area (Å²) in [4.78, 5) is 32.5. The number of hydrogen-bond acceptors (Lipinski definition) is 6. The first kappa shape index (κ1) is 14.3. The third kappa shape index (κ3) is 3.01. The molecule has 0 atom stereocenters. The van der Waals surface area contributed by atoms with E-state index in [-0.39, 0.29) is 18.2 Å². The second kappa shape index (κ2) is 6.02. The first-order valence-electron chi connectivity index (χ1n) is 6.68. The van der Waals surface area contributed by atoms with Crippen molar-refractivity contribution < 1.29 is 9.59 Å². The molecular weight excluding hydrogens is 302 g/mol. The van der Waals surface area contributed by atoms with Crippen molar-refractivity contribution in [2.45, 2.75) is 19.8 Å². The molecule has 3 rings (SSSR count). The van der Waals surface area contributed by atoms with Gasteiger partial charge in [-0.25, -0.2) is 10.4 Å². The maximum Gasteiger partial charge on any atom is 0.273 e. The van der Waals surface area contributed by atoms with Crippen LogP contribution in [0.2, 0.25) is 0 Å². The van der Waals surface area contributed by atoms with Crippen molar-refractivity contribution in [3.8, 4) is 10.4 Å². The summed E-state index contributed by atoms with van der Waals surface area (Å²) < 4.78 is 0. The number of nitrogens with zero attached hydrogens (tertiary/aromatic N) is 3. The molecule has 2 amide bonds. The molecule has 112 valence electrons. The Kier molecular flexibility index (Phi) is 3.92. The summed E-state index contributed by atoms with van der Waals surface area (Å²) in [6.45, 7) is 1.88. The van der Waals surface area contributed by atoms with Crippen molar-refractivity contribution in [3.63, 3.8) is 0 Å². The normalized spacial score (nSPS) is 14.2. The molecule has 0 fully saturated rings. The van der Waals surface area contributed by atoms with E-state index >= 15 is 0 Å². The Balaban J connectivity index is 1.77. The first-order chi connectivity index (χ1) is 10.6. The molecule has 1 aliphatic heterocycles. The number of carbonyl (C=O) groups excluding carboxylic acids is 2. The van der Waals surface area contributed by atoms with Gasteiger partial charge in [-0.05, 0) is 13.0 Å². The van der Waals surface area contributed by atoms with Gasteiger partial charge in [0.2, 0.25) is 5.91 Å². The molecule has 2 aromatic heterocycles. The summed E-state index contributed by atoms with van der Waals surface area (Å²) in [6.07, 6.45) is 4.06. The van der Waals surface area contributed by atoms with Gasteiger partial charge in [-0.15, -0.1) is 0 Å². The number of rotatable bonds is 3. The van der Waals surface area contributed by atoms with Gasteiger partial charge in [0, 0.05) is 30.8 Å². The fraction of sp³-hybridized carbons (Fsp3) is 0.214. The highest BCUT2D eigenvalue weighted by Gasteiger charge is 2.20. The van der Waals surface area contributed by atoms with E-state index < -0.39 is 0 Å². The zero-order valence-corrected chi connectivity index (χ0v) is 12.6. The van der Waals surface area contributed by atoms with E-state index in [4.69, 9.17) is 0 Å². The number of anilines is 1. The molecule has 0 unspecified atom stereocenters. The summed E-state index contributed by atoms with van der Waals surface area (Å²) in [5.41, 5.74) is 4.39. The van der Waals surface area contributed by atoms with Crippen molar-refractivity contribution >= 4 is 34.0 Å². The molecular formula is C14H13N5O2S. The van der Waals surface area contributed by atoms with Gasteiger partial charge in [0.25, 0.3) is 5.91 Å². The summed E-state index contributed by atoms with van der Waals surface area (Å²) in [7, 11) is 0. The minimum atomic E-state index is -0.341. The highest BCUT2D eigenvalue weighted by Crippen LogP contribution is 2.32. The summed E-state index contributed by atoms with van der Waals surface area (Å²) in [5, 5.41) is 6.99. The van der Waals surface area contributed by atoms with Gasteiger partial charge in [0.05, 0.1) is 10.6 Å². The fourth-order valence-corrected chi connectivity index (χ4v) is 2.97. The van der Waals surface area contributed by atoms with E-state index in [2.05, 4.69) is 25.8 Å². The van der Waals surface area contributed by atoms with E-state index in [0.717, 1.165) is 16.1 Å². The molecule has 7 nitrogen and oxygen atoms in total. The average molecular weight is 315 g/mol. The van der Waals surface area contributed by atoms with Gasteiger partial charge in [0.1, 0.15) is 5.71 Å². The lowest BCUT2D eigenvalue weighted by Gasteiger charge is -2.10. The number of nitrogens with one attached hydrogen (secondary N) is 2. The smallest absolute Gasteiger partial charge is 0.273 e. The van der Waals surface area contributed by atoms with E-state index in [1.165, 1.54) is 11.3 Å². The van der Waals surface area contributed by atoms with Crippen molar-refractivity contribution in [2.75, 3.05) is 5.32 Å². The number of thiazole rings is 1. The van der Waals surface area contributed by atoms with Gasteiger partial charge < -0.3 is 0 Å². The standard InChI is InChI=1S/C14H13N5O2S/c1-8-12(9-3-2-6-15-7-9)22-14(16-8)17-13(21)10-4-5-11(20)19-18-10/h2-3,6-7H,4-5H2,1H3,(H,19,20)(H,16,17,21). The van der Waals surface area contributed by atoms with Crippen LogP contribution in [0.15, 0.2) is 29.6 Å². The Morgan fingerprint density at radius 1 is 1.41 bits per heavy atom. The molecule has 0 aliphatic carbocycles. The highest BCUT2D eigenvalue weighted by atomic mass is 32.1. The largest absolute Gasteiger partial charge is 0.297 e. The van der Waals surface area contributed by atoms with Crippen LogP contribution in [0.5, 0.6) is 0 Å². The second-order valence-corrected chi connectivity index (χ2v) is 5.72. The Labute approximate surface area is 130 Å². The van der Waals surface area contributed by atoms with Crippen LogP contribution in [0, 0.1) is 6.92 Å². The fourth-order valence-electron chi connectivity index (χ4n) is 2.02. The number of hydrogen-bond donors (Lipinski definition) is 2. The van der Waals surface area contributed by atoms with Crippen LogP contribution in [0.1, 0.15) is 18.5 Å². The Bertz CT molecular complexity index is 754. The lowest BCUT2D eigenvalue weighted by molar-refractivity contribution is -0.121. The monoisotopic (exact) mass is 315 g/mol. The molecule has 0 saturated heterocycles. The van der Waals surface area contributed by atoms with Gasteiger partial charge in [-0.1, -0.05) is 17.4 Å². The average Bonchev–Trinajstić information content (AvgIpc) is 2.89. The van der Waals surface area contributed by atoms with Crippen LogP contribution in [0.3, 0.4) is 0 Å². The van der Waals surface area contributed by atoms with E-state index in [9.17, 15) is 9.59 Å². The summed E-state index contributed by atoms with van der Waals surface area (Å²) in [5.74, 6) is -0.521. The van der Waals surface area contributed by atoms with Gasteiger partial charge >= 0.3 is 0 Å². The number of pyridine rings is 1. The maximum absolute atomic E-state index is 12.1. The molecule has 0 spiro atoms. The van der Waals surface area contributed by atoms with E-state index in [0.29, 0.717) is 17.3 Å². The quantitative estimate of drug-likeness (QED) is 0.901. The highest BCUT2D eigenvalue weighted by molar-refractivity contribution is 7.19. The van der Waals surface area contributed by atoms with Crippen LogP contribution in [0.4, 0.5) is 5.13 Å². The van der Waals surface area contributed by atoms with Gasteiger partial charge in [-0.3, -0.25) is 19.9 Å². The van der Waals surface area contributed by atoms with Crippen molar-refractivity contribution in [2.24, 2.45) is 5.10 Å². The van der Waals surface area contributed by atoms with Crippen molar-refractivity contribution in [1.82, 2.24) is 15.4 Å². The molecule has 0 aromatic carbocycles. The number of carbonyl (C=O) groups is 2. The minimum absolute atomic E-state index is 0.180. The molecule has 0 saturated carbocycles. The Hall–Kier alpha value is -2.61. The van der Waals surface area contributed by atoms with E-state index in [1.807, 2.05) is 19.1 Å². The number of aromatic nitrogens is 2. The van der Waals surface area contributed by atoms with Gasteiger partial charge in [0.15, 0.2) is 5.13 Å². The molecule has 1 aliphatic rings. The molecule has 22 heavy (non-hydrogen) atoms.